The number of carbonyl (C=O) groups excluding carboxylic acids is 3. The SMILES string of the molecule is CCOc1cc(OC2CC3C(=O)NC4(C(=O)NS(=O)(=O)C5CC5)CC4/C=C/CCCCN(C)C(=O)C3C2)c2ccc(OC)c(C)c2n1. The molecule has 12 nitrogen and oxygen atoms in total. The van der Waals surface area contributed by atoms with Crippen molar-refractivity contribution in [3.8, 4) is 17.4 Å². The number of pyridine rings is 1. The zero-order valence-electron chi connectivity index (χ0n) is 27.4. The van der Waals surface area contributed by atoms with E-state index in [1.807, 2.05) is 38.1 Å². The summed E-state index contributed by atoms with van der Waals surface area (Å²) in [7, 11) is -0.465. The number of methoxy groups -OCH3 is 1. The van der Waals surface area contributed by atoms with E-state index in [4.69, 9.17) is 14.2 Å². The molecule has 3 aliphatic carbocycles. The Morgan fingerprint density at radius 1 is 1.15 bits per heavy atom. The third-order valence-electron chi connectivity index (χ3n) is 9.93. The molecule has 0 bridgehead atoms. The van der Waals surface area contributed by atoms with E-state index in [2.05, 4.69) is 15.0 Å². The van der Waals surface area contributed by atoms with Gasteiger partial charge in [0.25, 0.3) is 5.91 Å². The highest BCUT2D eigenvalue weighted by Gasteiger charge is 2.62. The highest BCUT2D eigenvalue weighted by atomic mass is 32.2. The maximum atomic E-state index is 14.1. The molecule has 1 aromatic heterocycles. The first-order valence-electron chi connectivity index (χ1n) is 16.5. The number of aryl methyl sites for hydroxylation is 1. The number of amides is 3. The lowest BCUT2D eigenvalue weighted by molar-refractivity contribution is -0.140. The Morgan fingerprint density at radius 2 is 1.91 bits per heavy atom. The van der Waals surface area contributed by atoms with Gasteiger partial charge in [0.1, 0.15) is 23.1 Å². The molecule has 3 fully saturated rings. The fraction of sp³-hybridized carbons (Fsp3) is 0.588. The second-order valence-corrected chi connectivity index (χ2v) is 15.2. The summed E-state index contributed by atoms with van der Waals surface area (Å²) < 4.78 is 45.5. The lowest BCUT2D eigenvalue weighted by Gasteiger charge is -2.26. The van der Waals surface area contributed by atoms with Gasteiger partial charge in [0.2, 0.25) is 27.7 Å². The number of carbonyl (C=O) groups is 3. The van der Waals surface area contributed by atoms with E-state index in [-0.39, 0.29) is 18.2 Å². The summed E-state index contributed by atoms with van der Waals surface area (Å²) >= 11 is 0. The van der Waals surface area contributed by atoms with Crippen molar-refractivity contribution < 1.29 is 37.0 Å². The summed E-state index contributed by atoms with van der Waals surface area (Å²) in [5.41, 5.74) is 0.104. The molecule has 2 N–H and O–H groups in total. The van der Waals surface area contributed by atoms with E-state index in [0.29, 0.717) is 61.7 Å². The molecular formula is C34H44N4O8S. The molecule has 1 aliphatic heterocycles. The highest BCUT2D eigenvalue weighted by molar-refractivity contribution is 7.91. The number of nitrogens with zero attached hydrogens (tertiary/aromatic N) is 2. The summed E-state index contributed by atoms with van der Waals surface area (Å²) in [6, 6.07) is 5.44. The first kappa shape index (κ1) is 33.0. The average molecular weight is 669 g/mol. The van der Waals surface area contributed by atoms with E-state index in [9.17, 15) is 22.8 Å². The predicted molar refractivity (Wildman–Crippen MR) is 175 cm³/mol. The quantitative estimate of drug-likeness (QED) is 0.403. The molecule has 2 heterocycles. The molecule has 4 aliphatic rings. The fourth-order valence-corrected chi connectivity index (χ4v) is 8.33. The van der Waals surface area contributed by atoms with Crippen molar-refractivity contribution in [1.82, 2.24) is 19.9 Å². The summed E-state index contributed by atoms with van der Waals surface area (Å²) in [5, 5.41) is 3.10. The number of fused-ring (bicyclic) bond motifs is 3. The van der Waals surface area contributed by atoms with Gasteiger partial charge >= 0.3 is 0 Å². The van der Waals surface area contributed by atoms with E-state index < -0.39 is 50.6 Å². The molecule has 2 aromatic rings. The third kappa shape index (κ3) is 6.63. The number of nitrogens with one attached hydrogen (secondary N) is 2. The van der Waals surface area contributed by atoms with Gasteiger partial charge in [0.05, 0.1) is 36.3 Å². The van der Waals surface area contributed by atoms with Gasteiger partial charge in [-0.25, -0.2) is 13.4 Å². The van der Waals surface area contributed by atoms with E-state index in [0.717, 1.165) is 30.2 Å². The molecule has 5 atom stereocenters. The molecule has 0 radical (unpaired) electrons. The minimum absolute atomic E-state index is 0.152. The molecule has 0 saturated heterocycles. The van der Waals surface area contributed by atoms with Crippen molar-refractivity contribution in [2.24, 2.45) is 17.8 Å². The van der Waals surface area contributed by atoms with Crippen molar-refractivity contribution in [3.05, 3.63) is 35.9 Å². The van der Waals surface area contributed by atoms with Crippen molar-refractivity contribution in [2.75, 3.05) is 27.3 Å². The topological polar surface area (TPSA) is 153 Å². The zero-order valence-corrected chi connectivity index (χ0v) is 28.2. The van der Waals surface area contributed by atoms with Crippen LogP contribution >= 0.6 is 0 Å². The number of benzene rings is 1. The first-order valence-corrected chi connectivity index (χ1v) is 18.1. The largest absolute Gasteiger partial charge is 0.496 e. The molecular weight excluding hydrogens is 624 g/mol. The van der Waals surface area contributed by atoms with Gasteiger partial charge < -0.3 is 24.4 Å². The highest BCUT2D eigenvalue weighted by Crippen LogP contribution is 2.47. The number of hydrogen-bond acceptors (Lipinski definition) is 9. The van der Waals surface area contributed by atoms with Crippen LogP contribution in [0.25, 0.3) is 10.9 Å². The molecule has 13 heteroatoms. The molecule has 1 aromatic carbocycles. The van der Waals surface area contributed by atoms with Gasteiger partial charge in [-0.2, -0.15) is 0 Å². The first-order chi connectivity index (χ1) is 22.5. The van der Waals surface area contributed by atoms with Crippen LogP contribution in [0.15, 0.2) is 30.4 Å². The Labute approximate surface area is 275 Å². The molecule has 254 valence electrons. The van der Waals surface area contributed by atoms with Crippen LogP contribution in [0, 0.1) is 24.7 Å². The zero-order chi connectivity index (χ0) is 33.5. The Hall–Kier alpha value is -3.87. The van der Waals surface area contributed by atoms with Gasteiger partial charge in [-0.15, -0.1) is 0 Å². The number of hydrogen-bond donors (Lipinski definition) is 2. The van der Waals surface area contributed by atoms with Gasteiger partial charge in [0, 0.05) is 36.5 Å². The Bertz CT molecular complexity index is 1710. The Balaban J connectivity index is 1.30. The predicted octanol–water partition coefficient (Wildman–Crippen LogP) is 3.41. The van der Waals surface area contributed by atoms with Crippen LogP contribution in [0.2, 0.25) is 0 Å². The fourth-order valence-electron chi connectivity index (χ4n) is 6.97. The summed E-state index contributed by atoms with van der Waals surface area (Å²) in [6.45, 7) is 4.75. The smallest absolute Gasteiger partial charge is 0.259 e. The molecule has 6 rings (SSSR count). The number of aromatic nitrogens is 1. The van der Waals surface area contributed by atoms with Crippen LogP contribution in [-0.4, -0.2) is 80.2 Å². The maximum absolute atomic E-state index is 14.1. The van der Waals surface area contributed by atoms with Crippen molar-refractivity contribution >= 4 is 38.6 Å². The summed E-state index contributed by atoms with van der Waals surface area (Å²) in [5.74, 6) is -1.54. The maximum Gasteiger partial charge on any atom is 0.259 e. The van der Waals surface area contributed by atoms with Gasteiger partial charge in [0.15, 0.2) is 0 Å². The van der Waals surface area contributed by atoms with Crippen LogP contribution in [0.5, 0.6) is 17.4 Å². The van der Waals surface area contributed by atoms with Crippen molar-refractivity contribution in [3.63, 3.8) is 0 Å². The van der Waals surface area contributed by atoms with Gasteiger partial charge in [-0.3, -0.25) is 19.1 Å². The monoisotopic (exact) mass is 668 g/mol. The van der Waals surface area contributed by atoms with Crippen molar-refractivity contribution in [1.29, 1.82) is 0 Å². The molecule has 3 amide bonds. The Morgan fingerprint density at radius 3 is 2.64 bits per heavy atom. The van der Waals surface area contributed by atoms with Crippen molar-refractivity contribution in [2.45, 2.75) is 82.1 Å². The second-order valence-electron chi connectivity index (χ2n) is 13.2. The summed E-state index contributed by atoms with van der Waals surface area (Å²) in [6.07, 6.45) is 7.62. The average Bonchev–Trinajstić information content (AvgIpc) is 3.96. The normalized spacial score (nSPS) is 28.8. The third-order valence-corrected chi connectivity index (χ3v) is 11.7. The number of sulfonamides is 1. The van der Waals surface area contributed by atoms with Gasteiger partial charge in [-0.1, -0.05) is 12.2 Å². The van der Waals surface area contributed by atoms with Crippen LogP contribution < -0.4 is 24.2 Å². The van der Waals surface area contributed by atoms with Crippen LogP contribution in [0.1, 0.15) is 63.9 Å². The second kappa shape index (κ2) is 13.0. The van der Waals surface area contributed by atoms with E-state index in [1.165, 1.54) is 0 Å². The van der Waals surface area contributed by atoms with Gasteiger partial charge in [-0.05, 0) is 77.3 Å². The number of rotatable bonds is 8. The number of allylic oxidation sites excluding steroid dienone is 1. The van der Waals surface area contributed by atoms with Crippen LogP contribution in [0.3, 0.4) is 0 Å². The molecule has 5 unspecified atom stereocenters. The minimum Gasteiger partial charge on any atom is -0.496 e. The van der Waals surface area contributed by atoms with Crippen LogP contribution in [-0.2, 0) is 24.4 Å². The lowest BCUT2D eigenvalue weighted by Crippen LogP contribution is -2.54. The Kier molecular flexibility index (Phi) is 9.12. The van der Waals surface area contributed by atoms with E-state index in [1.54, 1.807) is 25.1 Å². The molecule has 3 saturated carbocycles. The van der Waals surface area contributed by atoms with Crippen LogP contribution in [0.4, 0.5) is 0 Å². The molecule has 47 heavy (non-hydrogen) atoms. The minimum atomic E-state index is -3.81. The lowest BCUT2D eigenvalue weighted by atomic mass is 9.93. The standard InChI is InChI=1S/C34H44N4O8S/c1-5-45-29-18-28(24-13-14-27(44-4)20(2)30(24)35-29)46-22-16-25-26(17-22)32(40)38(3)15-9-7-6-8-10-21-19-34(21,36-31(25)39)33(41)37-47(42,43)23-11-12-23/h8,10,13-14,18,21-23,25-26H,5-7,9,11-12,15-17,19H2,1-4H3,(H,36,39)(H,37,41)/b10-8+. The molecule has 0 spiro atoms. The van der Waals surface area contributed by atoms with E-state index >= 15 is 0 Å². The summed E-state index contributed by atoms with van der Waals surface area (Å²) in [4.78, 5) is 47.8. The number of ether oxygens (including phenoxy) is 3.